The molecule has 86 valence electrons. The Hall–Kier alpha value is -1.80. The van der Waals surface area contributed by atoms with Crippen LogP contribution in [0.2, 0.25) is 0 Å². The van der Waals surface area contributed by atoms with Gasteiger partial charge in [-0.25, -0.2) is 0 Å². The molecule has 1 amide bonds. The van der Waals surface area contributed by atoms with Crippen molar-refractivity contribution in [1.29, 1.82) is 5.26 Å². The smallest absolute Gasteiger partial charge is 0.265 e. The van der Waals surface area contributed by atoms with E-state index in [-0.39, 0.29) is 0 Å². The van der Waals surface area contributed by atoms with Crippen molar-refractivity contribution in [3.05, 3.63) is 33.4 Å². The number of primary amides is 1. The largest absolute Gasteiger partial charge is 0.364 e. The Kier molecular flexibility index (Phi) is 2.68. The number of rotatable bonds is 1. The second-order valence-corrected chi connectivity index (χ2v) is 4.72. The van der Waals surface area contributed by atoms with Gasteiger partial charge in [0.15, 0.2) is 0 Å². The Labute approximate surface area is 107 Å². The molecule has 1 heterocycles. The Morgan fingerprint density at radius 3 is 2.71 bits per heavy atom. The molecule has 0 aliphatic heterocycles. The molecule has 2 rings (SSSR count). The van der Waals surface area contributed by atoms with Gasteiger partial charge in [-0.05, 0) is 40.5 Å². The quantitative estimate of drug-likeness (QED) is 0.875. The van der Waals surface area contributed by atoms with E-state index in [9.17, 15) is 4.79 Å². The van der Waals surface area contributed by atoms with Crippen molar-refractivity contribution >= 4 is 32.7 Å². The van der Waals surface area contributed by atoms with E-state index in [0.29, 0.717) is 11.3 Å². The zero-order chi connectivity index (χ0) is 12.7. The highest BCUT2D eigenvalue weighted by atomic mass is 79.9. The van der Waals surface area contributed by atoms with Gasteiger partial charge < -0.3 is 10.3 Å². The van der Waals surface area contributed by atoms with Crippen LogP contribution in [-0.2, 0) is 7.05 Å². The van der Waals surface area contributed by atoms with Crippen LogP contribution in [0.1, 0.15) is 21.6 Å². The number of carbonyl (C=O) groups excluding carboxylic acids is 1. The summed E-state index contributed by atoms with van der Waals surface area (Å²) >= 11 is 3.41. The Morgan fingerprint density at radius 1 is 1.53 bits per heavy atom. The molecule has 1 aromatic carbocycles. The van der Waals surface area contributed by atoms with Crippen LogP contribution < -0.4 is 5.73 Å². The third-order valence-electron chi connectivity index (χ3n) is 2.86. The fourth-order valence-electron chi connectivity index (χ4n) is 2.13. The maximum atomic E-state index is 11.4. The summed E-state index contributed by atoms with van der Waals surface area (Å²) in [6.45, 7) is 1.83. The standard InChI is InChI=1S/C12H10BrN3O/c1-6-8-3-7(5-14)4-9(13)11(8)16(2)10(6)12(15)17/h3-4H,1-2H3,(H2,15,17). The summed E-state index contributed by atoms with van der Waals surface area (Å²) in [7, 11) is 1.78. The Balaban J connectivity index is 2.99. The molecule has 2 N–H and O–H groups in total. The van der Waals surface area contributed by atoms with Gasteiger partial charge in [0.25, 0.3) is 5.91 Å². The molecule has 0 atom stereocenters. The van der Waals surface area contributed by atoms with Gasteiger partial charge in [-0.1, -0.05) is 0 Å². The molecule has 0 aliphatic rings. The van der Waals surface area contributed by atoms with Crippen LogP contribution in [0, 0.1) is 18.3 Å². The highest BCUT2D eigenvalue weighted by molar-refractivity contribution is 9.10. The van der Waals surface area contributed by atoms with E-state index in [1.54, 1.807) is 23.7 Å². The van der Waals surface area contributed by atoms with Gasteiger partial charge in [0.05, 0.1) is 17.1 Å². The van der Waals surface area contributed by atoms with Crippen molar-refractivity contribution in [2.75, 3.05) is 0 Å². The minimum atomic E-state index is -0.466. The molecule has 0 saturated heterocycles. The van der Waals surface area contributed by atoms with Crippen molar-refractivity contribution in [1.82, 2.24) is 4.57 Å². The summed E-state index contributed by atoms with van der Waals surface area (Å²) in [6, 6.07) is 5.58. The predicted molar refractivity (Wildman–Crippen MR) is 68.6 cm³/mol. The van der Waals surface area contributed by atoms with Gasteiger partial charge in [0, 0.05) is 16.9 Å². The monoisotopic (exact) mass is 291 g/mol. The maximum absolute atomic E-state index is 11.4. The summed E-state index contributed by atoms with van der Waals surface area (Å²) in [5, 5.41) is 9.80. The molecule has 5 heteroatoms. The van der Waals surface area contributed by atoms with Crippen LogP contribution in [0.5, 0.6) is 0 Å². The van der Waals surface area contributed by atoms with Crippen molar-refractivity contribution in [2.24, 2.45) is 12.8 Å². The third kappa shape index (κ3) is 1.61. The Morgan fingerprint density at radius 2 is 2.18 bits per heavy atom. The van der Waals surface area contributed by atoms with Crippen molar-refractivity contribution in [2.45, 2.75) is 6.92 Å². The third-order valence-corrected chi connectivity index (χ3v) is 3.46. The number of nitrogens with two attached hydrogens (primary N) is 1. The molecule has 0 spiro atoms. The first-order valence-electron chi connectivity index (χ1n) is 4.95. The van der Waals surface area contributed by atoms with E-state index >= 15 is 0 Å². The van der Waals surface area contributed by atoms with Crippen LogP contribution in [0.4, 0.5) is 0 Å². The lowest BCUT2D eigenvalue weighted by molar-refractivity contribution is 0.0992. The molecule has 0 unspecified atom stereocenters. The highest BCUT2D eigenvalue weighted by Crippen LogP contribution is 2.31. The zero-order valence-corrected chi connectivity index (χ0v) is 11.0. The lowest BCUT2D eigenvalue weighted by Gasteiger charge is -2.02. The van der Waals surface area contributed by atoms with E-state index in [1.165, 1.54) is 0 Å². The molecule has 0 fully saturated rings. The number of carbonyl (C=O) groups is 1. The van der Waals surface area contributed by atoms with E-state index in [2.05, 4.69) is 22.0 Å². The number of nitriles is 1. The highest BCUT2D eigenvalue weighted by Gasteiger charge is 2.18. The maximum Gasteiger partial charge on any atom is 0.265 e. The topological polar surface area (TPSA) is 71.8 Å². The molecule has 0 saturated carbocycles. The van der Waals surface area contributed by atoms with Crippen LogP contribution in [-0.4, -0.2) is 10.5 Å². The number of halogens is 1. The van der Waals surface area contributed by atoms with E-state index in [1.807, 2.05) is 6.92 Å². The van der Waals surface area contributed by atoms with Crippen molar-refractivity contribution in [3.8, 4) is 6.07 Å². The number of amides is 1. The molecule has 0 radical (unpaired) electrons. The van der Waals surface area contributed by atoms with Crippen LogP contribution in [0.15, 0.2) is 16.6 Å². The summed E-state index contributed by atoms with van der Waals surface area (Å²) in [6.07, 6.45) is 0. The lowest BCUT2D eigenvalue weighted by atomic mass is 10.1. The van der Waals surface area contributed by atoms with Crippen LogP contribution in [0.3, 0.4) is 0 Å². The van der Waals surface area contributed by atoms with Gasteiger partial charge >= 0.3 is 0 Å². The van der Waals surface area contributed by atoms with Gasteiger partial charge in [-0.3, -0.25) is 4.79 Å². The SMILES string of the molecule is Cc1c(C(N)=O)n(C)c2c(Br)cc(C#N)cc12. The second-order valence-electron chi connectivity index (χ2n) is 3.86. The first kappa shape index (κ1) is 11.7. The van der Waals surface area contributed by atoms with Crippen LogP contribution in [0.25, 0.3) is 10.9 Å². The molecule has 2 aromatic rings. The van der Waals surface area contributed by atoms with Gasteiger partial charge in [0.2, 0.25) is 0 Å². The average Bonchev–Trinajstić information content (AvgIpc) is 2.51. The number of aromatic nitrogens is 1. The van der Waals surface area contributed by atoms with Crippen molar-refractivity contribution < 1.29 is 4.79 Å². The van der Waals surface area contributed by atoms with E-state index in [0.717, 1.165) is 20.9 Å². The molecule has 17 heavy (non-hydrogen) atoms. The lowest BCUT2D eigenvalue weighted by Crippen LogP contribution is -2.16. The second kappa shape index (κ2) is 3.90. The first-order valence-corrected chi connectivity index (χ1v) is 5.75. The number of aryl methyl sites for hydroxylation is 2. The summed E-state index contributed by atoms with van der Waals surface area (Å²) in [4.78, 5) is 11.4. The van der Waals surface area contributed by atoms with Crippen molar-refractivity contribution in [3.63, 3.8) is 0 Å². The summed E-state index contributed by atoms with van der Waals surface area (Å²) in [5.41, 5.74) is 8.05. The molecular weight excluding hydrogens is 282 g/mol. The summed E-state index contributed by atoms with van der Waals surface area (Å²) < 4.78 is 2.53. The minimum absolute atomic E-state index is 0.466. The van der Waals surface area contributed by atoms with Gasteiger partial charge in [-0.2, -0.15) is 5.26 Å². The molecule has 0 bridgehead atoms. The van der Waals surface area contributed by atoms with Gasteiger partial charge in [-0.15, -0.1) is 0 Å². The summed E-state index contributed by atoms with van der Waals surface area (Å²) in [5.74, 6) is -0.466. The number of benzene rings is 1. The van der Waals surface area contributed by atoms with E-state index < -0.39 is 5.91 Å². The number of hydrogen-bond acceptors (Lipinski definition) is 2. The van der Waals surface area contributed by atoms with E-state index in [4.69, 9.17) is 11.0 Å². The molecule has 1 aromatic heterocycles. The molecular formula is C12H10BrN3O. The van der Waals surface area contributed by atoms with Gasteiger partial charge in [0.1, 0.15) is 5.69 Å². The average molecular weight is 292 g/mol. The Bertz CT molecular complexity index is 679. The normalized spacial score (nSPS) is 10.5. The number of nitrogens with zero attached hydrogens (tertiary/aromatic N) is 2. The molecule has 4 nitrogen and oxygen atoms in total. The molecule has 0 aliphatic carbocycles. The predicted octanol–water partition coefficient (Wildman–Crippen LogP) is 2.22. The fourth-order valence-corrected chi connectivity index (χ4v) is 2.86. The number of hydrogen-bond donors (Lipinski definition) is 1. The fraction of sp³-hybridized carbons (Fsp3) is 0.167. The first-order chi connectivity index (χ1) is 7.97. The zero-order valence-electron chi connectivity index (χ0n) is 9.41. The number of fused-ring (bicyclic) bond motifs is 1. The van der Waals surface area contributed by atoms with Crippen LogP contribution >= 0.6 is 15.9 Å². The minimum Gasteiger partial charge on any atom is -0.364 e.